The predicted octanol–water partition coefficient (Wildman–Crippen LogP) is 4.36. The summed E-state index contributed by atoms with van der Waals surface area (Å²) < 4.78 is 6.31. The molecule has 0 saturated heterocycles. The van der Waals surface area contributed by atoms with Gasteiger partial charge in [0.15, 0.2) is 0 Å². The maximum Gasteiger partial charge on any atom is 0.226 e. The van der Waals surface area contributed by atoms with Gasteiger partial charge in [0.2, 0.25) is 17.6 Å². The lowest BCUT2D eigenvalue weighted by molar-refractivity contribution is -0.116. The van der Waals surface area contributed by atoms with Crippen LogP contribution in [0.25, 0.3) is 10.7 Å². The zero-order chi connectivity index (χ0) is 16.1. The van der Waals surface area contributed by atoms with Gasteiger partial charge in [-0.25, -0.2) is 0 Å². The third kappa shape index (κ3) is 4.61. The van der Waals surface area contributed by atoms with E-state index in [2.05, 4.69) is 38.0 Å². The fraction of sp³-hybridized carbons (Fsp3) is 0.188. The van der Waals surface area contributed by atoms with Crippen LogP contribution in [0.5, 0.6) is 0 Å². The summed E-state index contributed by atoms with van der Waals surface area (Å²) in [5.41, 5.74) is 0.819. The van der Waals surface area contributed by atoms with Gasteiger partial charge in [-0.3, -0.25) is 4.79 Å². The molecule has 3 rings (SSSR count). The van der Waals surface area contributed by atoms with E-state index in [9.17, 15) is 4.79 Å². The number of carbonyl (C=O) groups excluding carboxylic acids is 1. The van der Waals surface area contributed by atoms with Gasteiger partial charge in [-0.05, 0) is 58.7 Å². The number of amides is 1. The van der Waals surface area contributed by atoms with Crippen molar-refractivity contribution < 1.29 is 9.32 Å². The van der Waals surface area contributed by atoms with Crippen molar-refractivity contribution >= 4 is 45.5 Å². The van der Waals surface area contributed by atoms with Crippen LogP contribution < -0.4 is 5.32 Å². The first-order valence-corrected chi connectivity index (χ1v) is 9.08. The van der Waals surface area contributed by atoms with Gasteiger partial charge in [-0.15, -0.1) is 11.3 Å². The predicted molar refractivity (Wildman–Crippen MR) is 98.3 cm³/mol. The molecule has 1 N–H and O–H groups in total. The van der Waals surface area contributed by atoms with Gasteiger partial charge in [0.1, 0.15) is 0 Å². The van der Waals surface area contributed by atoms with Gasteiger partial charge in [0.05, 0.1) is 4.88 Å². The summed E-state index contributed by atoms with van der Waals surface area (Å²) in [6, 6.07) is 11.6. The lowest BCUT2D eigenvalue weighted by Gasteiger charge is -2.04. The first-order valence-electron chi connectivity index (χ1n) is 7.12. The molecule has 1 aromatic carbocycles. The van der Waals surface area contributed by atoms with E-state index in [1.54, 1.807) is 11.3 Å². The summed E-state index contributed by atoms with van der Waals surface area (Å²) in [7, 11) is 0. The minimum Gasteiger partial charge on any atom is -0.339 e. The van der Waals surface area contributed by atoms with Gasteiger partial charge in [-0.2, -0.15) is 4.98 Å². The van der Waals surface area contributed by atoms with E-state index in [0.717, 1.165) is 14.1 Å². The fourth-order valence-electron chi connectivity index (χ4n) is 2.05. The number of hydrogen-bond acceptors (Lipinski definition) is 5. The van der Waals surface area contributed by atoms with Crippen LogP contribution >= 0.6 is 33.9 Å². The molecule has 0 spiro atoms. The third-order valence-corrected chi connectivity index (χ3v) is 4.65. The van der Waals surface area contributed by atoms with Gasteiger partial charge >= 0.3 is 0 Å². The van der Waals surface area contributed by atoms with Gasteiger partial charge in [-0.1, -0.05) is 17.3 Å². The van der Waals surface area contributed by atoms with Crippen molar-refractivity contribution in [3.8, 4) is 10.7 Å². The van der Waals surface area contributed by atoms with E-state index in [-0.39, 0.29) is 5.91 Å². The average Bonchev–Trinajstić information content (AvgIpc) is 3.18. The first kappa shape index (κ1) is 16.1. The Morgan fingerprint density at radius 2 is 2.22 bits per heavy atom. The molecule has 23 heavy (non-hydrogen) atoms. The van der Waals surface area contributed by atoms with Crippen LogP contribution in [0.2, 0.25) is 0 Å². The standard InChI is InChI=1S/C16H14IN3O2S/c17-11-4-1-5-12(10-11)18-14(21)7-2-8-15-19-16(20-22-15)13-6-3-9-23-13/h1,3-6,9-10H,2,7-8H2,(H,18,21). The number of nitrogens with one attached hydrogen (secondary N) is 1. The van der Waals surface area contributed by atoms with Crippen LogP contribution in [-0.4, -0.2) is 16.0 Å². The molecule has 2 heterocycles. The highest BCUT2D eigenvalue weighted by Crippen LogP contribution is 2.21. The fourth-order valence-corrected chi connectivity index (χ4v) is 3.24. The Labute approximate surface area is 151 Å². The highest BCUT2D eigenvalue weighted by molar-refractivity contribution is 14.1. The highest BCUT2D eigenvalue weighted by Gasteiger charge is 2.10. The normalized spacial score (nSPS) is 10.7. The zero-order valence-corrected chi connectivity index (χ0v) is 15.1. The minimum absolute atomic E-state index is 0.00926. The van der Waals surface area contributed by atoms with Gasteiger partial charge in [0, 0.05) is 22.1 Å². The molecule has 118 valence electrons. The molecule has 0 fully saturated rings. The van der Waals surface area contributed by atoms with Crippen LogP contribution in [0.15, 0.2) is 46.3 Å². The average molecular weight is 439 g/mol. The van der Waals surface area contributed by atoms with Crippen LogP contribution in [0.3, 0.4) is 0 Å². The highest BCUT2D eigenvalue weighted by atomic mass is 127. The number of aromatic nitrogens is 2. The lowest BCUT2D eigenvalue weighted by atomic mass is 10.2. The van der Waals surface area contributed by atoms with Crippen molar-refractivity contribution in [3.63, 3.8) is 0 Å². The second-order valence-electron chi connectivity index (χ2n) is 4.90. The van der Waals surface area contributed by atoms with Crippen molar-refractivity contribution in [2.45, 2.75) is 19.3 Å². The molecule has 0 saturated carbocycles. The summed E-state index contributed by atoms with van der Waals surface area (Å²) in [6.07, 6.45) is 1.68. The van der Waals surface area contributed by atoms with Crippen molar-refractivity contribution in [1.29, 1.82) is 0 Å². The molecule has 5 nitrogen and oxygen atoms in total. The Kier molecular flexibility index (Phi) is 5.39. The van der Waals surface area contributed by atoms with Gasteiger partial charge in [0.25, 0.3) is 0 Å². The molecule has 7 heteroatoms. The molecule has 0 aliphatic rings. The maximum absolute atomic E-state index is 11.9. The molecule has 2 aromatic heterocycles. The van der Waals surface area contributed by atoms with E-state index in [0.29, 0.717) is 31.0 Å². The Hall–Kier alpha value is -1.74. The summed E-state index contributed by atoms with van der Waals surface area (Å²) >= 11 is 3.79. The van der Waals surface area contributed by atoms with E-state index in [4.69, 9.17) is 4.52 Å². The summed E-state index contributed by atoms with van der Waals surface area (Å²) in [5.74, 6) is 1.17. The number of anilines is 1. The number of rotatable bonds is 6. The van der Waals surface area contributed by atoms with E-state index < -0.39 is 0 Å². The van der Waals surface area contributed by atoms with E-state index in [1.165, 1.54) is 0 Å². The van der Waals surface area contributed by atoms with Crippen LogP contribution in [0.1, 0.15) is 18.7 Å². The molecular weight excluding hydrogens is 425 g/mol. The van der Waals surface area contributed by atoms with Crippen molar-refractivity contribution in [2.75, 3.05) is 5.32 Å². The number of benzene rings is 1. The van der Waals surface area contributed by atoms with Crippen molar-refractivity contribution in [1.82, 2.24) is 10.1 Å². The minimum atomic E-state index is -0.00926. The lowest BCUT2D eigenvalue weighted by Crippen LogP contribution is -2.11. The number of hydrogen-bond donors (Lipinski definition) is 1. The number of halogens is 1. The number of nitrogens with zero attached hydrogens (tertiary/aromatic N) is 2. The quantitative estimate of drug-likeness (QED) is 0.580. The molecule has 0 aliphatic heterocycles. The molecule has 0 unspecified atom stereocenters. The molecule has 3 aromatic rings. The zero-order valence-electron chi connectivity index (χ0n) is 12.2. The Balaban J connectivity index is 1.47. The summed E-state index contributed by atoms with van der Waals surface area (Å²) in [5, 5.41) is 8.82. The van der Waals surface area contributed by atoms with Gasteiger partial charge < -0.3 is 9.84 Å². The molecule has 0 radical (unpaired) electrons. The second-order valence-corrected chi connectivity index (χ2v) is 7.09. The molecule has 0 atom stereocenters. The molecular formula is C16H14IN3O2S. The Morgan fingerprint density at radius 3 is 3.00 bits per heavy atom. The second kappa shape index (κ2) is 7.69. The smallest absolute Gasteiger partial charge is 0.226 e. The Bertz CT molecular complexity index is 786. The number of carbonyl (C=O) groups is 1. The first-order chi connectivity index (χ1) is 11.2. The largest absolute Gasteiger partial charge is 0.339 e. The van der Waals surface area contributed by atoms with Crippen molar-refractivity contribution in [2.24, 2.45) is 0 Å². The third-order valence-electron chi connectivity index (χ3n) is 3.11. The van der Waals surface area contributed by atoms with Crippen LogP contribution in [-0.2, 0) is 11.2 Å². The topological polar surface area (TPSA) is 68.0 Å². The monoisotopic (exact) mass is 439 g/mol. The molecule has 0 aliphatic carbocycles. The van der Waals surface area contributed by atoms with Crippen LogP contribution in [0, 0.1) is 3.57 Å². The maximum atomic E-state index is 11.9. The van der Waals surface area contributed by atoms with E-state index in [1.807, 2.05) is 41.8 Å². The summed E-state index contributed by atoms with van der Waals surface area (Å²) in [6.45, 7) is 0. The number of aryl methyl sites for hydroxylation is 1. The molecule has 1 amide bonds. The van der Waals surface area contributed by atoms with Crippen molar-refractivity contribution in [3.05, 3.63) is 51.2 Å². The number of thiophene rings is 1. The van der Waals surface area contributed by atoms with Crippen LogP contribution in [0.4, 0.5) is 5.69 Å². The molecule has 0 bridgehead atoms. The van der Waals surface area contributed by atoms with E-state index >= 15 is 0 Å². The summed E-state index contributed by atoms with van der Waals surface area (Å²) in [4.78, 5) is 17.3. The Morgan fingerprint density at radius 1 is 1.30 bits per heavy atom. The SMILES string of the molecule is O=C(CCCc1nc(-c2cccs2)no1)Nc1cccc(I)c1.